The Kier molecular flexibility index (Phi) is 10.1. The van der Waals surface area contributed by atoms with E-state index < -0.39 is 11.8 Å². The van der Waals surface area contributed by atoms with Gasteiger partial charge in [-0.2, -0.15) is 20.2 Å². The lowest BCUT2D eigenvalue weighted by Crippen LogP contribution is -2.24. The van der Waals surface area contributed by atoms with Crippen molar-refractivity contribution in [3.63, 3.8) is 0 Å². The molecule has 0 spiro atoms. The van der Waals surface area contributed by atoms with Gasteiger partial charge in [0.25, 0.3) is 11.8 Å². The Balaban J connectivity index is 0.000000163. The summed E-state index contributed by atoms with van der Waals surface area (Å²) in [6, 6.07) is 19.5. The number of nitrogens with zero attached hydrogens (tertiary/aromatic N) is 8. The molecule has 8 rings (SSSR count). The van der Waals surface area contributed by atoms with Gasteiger partial charge in [-0.3, -0.25) is 19.6 Å². The molecule has 4 heterocycles. The number of carbonyl (C=O) groups excluding carboxylic acids is 2. The molecule has 15 heteroatoms. The quantitative estimate of drug-likeness (QED) is 0.125. The summed E-state index contributed by atoms with van der Waals surface area (Å²) in [5.41, 5.74) is 27.5. The molecule has 15 nitrogen and oxygen atoms in total. The molecule has 6 aromatic rings. The molecule has 0 bridgehead atoms. The lowest BCUT2D eigenvalue weighted by Gasteiger charge is -2.10. The number of rotatable bonds is 6. The fraction of sp³-hybridized carbons (Fsp3) is 0.222. The lowest BCUT2D eigenvalue weighted by atomic mass is 10.1. The first-order chi connectivity index (χ1) is 24.7. The molecule has 9 N–H and O–H groups in total. The highest BCUT2D eigenvalue weighted by Crippen LogP contribution is 2.44. The van der Waals surface area contributed by atoms with Crippen molar-refractivity contribution in [3.05, 3.63) is 108 Å². The van der Waals surface area contributed by atoms with Crippen LogP contribution >= 0.6 is 0 Å². The molecule has 0 saturated heterocycles. The van der Waals surface area contributed by atoms with E-state index in [4.69, 9.17) is 28.0 Å². The highest BCUT2D eigenvalue weighted by molar-refractivity contribution is 6.03. The van der Waals surface area contributed by atoms with Crippen molar-refractivity contribution in [2.75, 3.05) is 6.61 Å². The molecular weight excluding hydrogens is 648 g/mol. The Morgan fingerprint density at radius 3 is 1.43 bits per heavy atom. The molecule has 2 aliphatic carbocycles. The molecule has 0 unspecified atom stereocenters. The maximum absolute atomic E-state index is 12.3. The van der Waals surface area contributed by atoms with Gasteiger partial charge in [0, 0.05) is 41.6 Å². The number of carbonyl (C=O) groups is 2. The van der Waals surface area contributed by atoms with E-state index in [1.54, 1.807) is 19.3 Å². The Hall–Kier alpha value is -6.48. The normalized spacial score (nSPS) is 13.4. The third kappa shape index (κ3) is 7.58. The van der Waals surface area contributed by atoms with E-state index in [2.05, 4.69) is 30.2 Å². The van der Waals surface area contributed by atoms with Crippen molar-refractivity contribution >= 4 is 45.5 Å². The van der Waals surface area contributed by atoms with Gasteiger partial charge in [-0.1, -0.05) is 12.1 Å². The standard InChI is InChI=1S/2C17H16N6O.C2H6O/c2*18-17(19)22-16(24)12-9-21-23(15(12)10-6-7-10)14-5-1-4-13-11(14)3-2-8-20-13;1-2-3/h2*1-5,8-10H,6-7H2,(H4,18,19,22,24);3H,2H2,1H3. The summed E-state index contributed by atoms with van der Waals surface area (Å²) >= 11 is 0. The third-order valence-electron chi connectivity index (χ3n) is 8.16. The molecule has 2 aliphatic rings. The van der Waals surface area contributed by atoms with Crippen LogP contribution in [-0.2, 0) is 0 Å². The number of benzene rings is 2. The minimum absolute atomic E-state index is 0.246. The van der Waals surface area contributed by atoms with Crippen molar-refractivity contribution < 1.29 is 14.7 Å². The number of pyridine rings is 2. The zero-order valence-electron chi connectivity index (χ0n) is 27.9. The van der Waals surface area contributed by atoms with Crippen molar-refractivity contribution in [2.24, 2.45) is 32.9 Å². The summed E-state index contributed by atoms with van der Waals surface area (Å²) in [4.78, 5) is 40.7. The monoisotopic (exact) mass is 686 g/mol. The summed E-state index contributed by atoms with van der Waals surface area (Å²) in [6.45, 7) is 1.93. The van der Waals surface area contributed by atoms with Gasteiger partial charge in [0.1, 0.15) is 0 Å². The minimum Gasteiger partial charge on any atom is -0.397 e. The molecule has 2 saturated carbocycles. The van der Waals surface area contributed by atoms with Gasteiger partial charge in [0.15, 0.2) is 11.9 Å². The van der Waals surface area contributed by atoms with Gasteiger partial charge in [-0.25, -0.2) is 9.36 Å². The van der Waals surface area contributed by atoms with Crippen molar-refractivity contribution in [1.29, 1.82) is 0 Å². The second-order valence-electron chi connectivity index (χ2n) is 12.0. The topological polar surface area (TPSA) is 245 Å². The Morgan fingerprint density at radius 1 is 0.686 bits per heavy atom. The van der Waals surface area contributed by atoms with E-state index in [0.717, 1.165) is 70.3 Å². The van der Waals surface area contributed by atoms with Crippen molar-refractivity contribution in [1.82, 2.24) is 29.5 Å². The number of aliphatic hydroxyl groups excluding tert-OH is 1. The predicted octanol–water partition coefficient (Wildman–Crippen LogP) is 3.42. The molecule has 2 amide bonds. The number of aliphatic imine (C=N–C) groups is 2. The number of amides is 2. The van der Waals surface area contributed by atoms with Gasteiger partial charge in [-0.15, -0.1) is 0 Å². The molecule has 0 aliphatic heterocycles. The Labute approximate surface area is 292 Å². The molecule has 51 heavy (non-hydrogen) atoms. The van der Waals surface area contributed by atoms with Crippen molar-refractivity contribution in [2.45, 2.75) is 44.4 Å². The number of fused-ring (bicyclic) bond motifs is 2. The second-order valence-corrected chi connectivity index (χ2v) is 12.0. The largest absolute Gasteiger partial charge is 0.397 e. The fourth-order valence-corrected chi connectivity index (χ4v) is 5.83. The zero-order valence-corrected chi connectivity index (χ0v) is 27.9. The zero-order chi connectivity index (χ0) is 36.1. The first-order valence-electron chi connectivity index (χ1n) is 16.4. The van der Waals surface area contributed by atoms with Gasteiger partial charge in [0.2, 0.25) is 0 Å². The highest BCUT2D eigenvalue weighted by Gasteiger charge is 2.34. The maximum atomic E-state index is 12.3. The van der Waals surface area contributed by atoms with E-state index in [9.17, 15) is 9.59 Å². The summed E-state index contributed by atoms with van der Waals surface area (Å²) in [5, 5.41) is 18.4. The molecule has 4 aromatic heterocycles. The number of nitrogens with two attached hydrogens (primary N) is 4. The minimum atomic E-state index is -0.457. The SMILES string of the molecule is CCO.NC(N)=NC(=O)c1cnn(-c2cccc3ncccc23)c1C1CC1.NC(N)=NC(=O)c1cnn(-c2cccc3ncccc23)c1C1CC1. The van der Waals surface area contributed by atoms with Crippen LogP contribution in [0.25, 0.3) is 33.2 Å². The smallest absolute Gasteiger partial charge is 0.283 e. The molecule has 0 radical (unpaired) electrons. The molecule has 260 valence electrons. The van der Waals surface area contributed by atoms with E-state index in [0.29, 0.717) is 23.0 Å². The van der Waals surface area contributed by atoms with Gasteiger partial charge in [0.05, 0.1) is 57.3 Å². The van der Waals surface area contributed by atoms with E-state index >= 15 is 0 Å². The Bertz CT molecular complexity index is 2100. The molecular formula is C36H38N12O3. The molecule has 0 atom stereocenters. The third-order valence-corrected chi connectivity index (χ3v) is 8.16. The summed E-state index contributed by atoms with van der Waals surface area (Å²) < 4.78 is 3.63. The number of aromatic nitrogens is 6. The van der Waals surface area contributed by atoms with Crippen LogP contribution in [-0.4, -0.2) is 65.0 Å². The fourth-order valence-electron chi connectivity index (χ4n) is 5.83. The van der Waals surface area contributed by atoms with Crippen LogP contribution in [0.2, 0.25) is 0 Å². The summed E-state index contributed by atoms with van der Waals surface area (Å²) in [7, 11) is 0. The van der Waals surface area contributed by atoms with Gasteiger partial charge < -0.3 is 28.0 Å². The molecule has 2 fully saturated rings. The highest BCUT2D eigenvalue weighted by atomic mass is 16.2. The first kappa shape index (κ1) is 34.4. The first-order valence-corrected chi connectivity index (χ1v) is 16.4. The summed E-state index contributed by atoms with van der Waals surface area (Å²) in [6.07, 6.45) is 10.7. The second kappa shape index (κ2) is 15.0. The summed E-state index contributed by atoms with van der Waals surface area (Å²) in [5.74, 6) is -0.809. The maximum Gasteiger partial charge on any atom is 0.283 e. The number of hydrogen-bond donors (Lipinski definition) is 5. The van der Waals surface area contributed by atoms with E-state index in [1.807, 2.05) is 70.0 Å². The average Bonchev–Trinajstić information content (AvgIpc) is 4.06. The van der Waals surface area contributed by atoms with Crippen molar-refractivity contribution in [3.8, 4) is 11.4 Å². The lowest BCUT2D eigenvalue weighted by molar-refractivity contribution is 0.0993. The Morgan fingerprint density at radius 2 is 1.08 bits per heavy atom. The van der Waals surface area contributed by atoms with Gasteiger partial charge >= 0.3 is 0 Å². The predicted molar refractivity (Wildman–Crippen MR) is 195 cm³/mol. The molecule has 2 aromatic carbocycles. The van der Waals surface area contributed by atoms with Gasteiger partial charge in [-0.05, 0) is 81.1 Å². The van der Waals surface area contributed by atoms with E-state index in [1.165, 1.54) is 12.4 Å². The average molecular weight is 687 g/mol. The van der Waals surface area contributed by atoms with Crippen LogP contribution in [0.3, 0.4) is 0 Å². The van der Waals surface area contributed by atoms with Crippen LogP contribution in [0, 0.1) is 0 Å². The number of aliphatic hydroxyl groups is 1. The van der Waals surface area contributed by atoms with Crippen LogP contribution < -0.4 is 22.9 Å². The van der Waals surface area contributed by atoms with Crippen LogP contribution in [0.5, 0.6) is 0 Å². The van der Waals surface area contributed by atoms with Crippen LogP contribution in [0.15, 0.2) is 95.4 Å². The van der Waals surface area contributed by atoms with Crippen LogP contribution in [0.1, 0.15) is 76.5 Å². The number of hydrogen-bond acceptors (Lipinski definition) is 7. The number of guanidine groups is 2. The van der Waals surface area contributed by atoms with E-state index in [-0.39, 0.29) is 18.5 Å². The van der Waals surface area contributed by atoms with Crippen LogP contribution in [0.4, 0.5) is 0 Å².